The molecule has 4 nitrogen and oxygen atoms in total. The second kappa shape index (κ2) is 5.43. The molecule has 1 aromatic heterocycles. The van der Waals surface area contributed by atoms with E-state index in [0.717, 1.165) is 25.9 Å². The smallest absolute Gasteiger partial charge is 0.317 e. The average Bonchev–Trinajstić information content (AvgIpc) is 2.97. The molecular weight excluding hydrogens is 262 g/mol. The molecule has 1 heterocycles. The lowest BCUT2D eigenvalue weighted by atomic mass is 10.1. The van der Waals surface area contributed by atoms with Crippen LogP contribution in [-0.2, 0) is 12.8 Å². The number of aromatic amines is 1. The van der Waals surface area contributed by atoms with Crippen LogP contribution in [0.15, 0.2) is 18.2 Å². The Morgan fingerprint density at radius 2 is 2.10 bits per heavy atom. The number of aryl methyl sites for hydroxylation is 1. The summed E-state index contributed by atoms with van der Waals surface area (Å²) in [5.41, 5.74) is 5.14. The zero-order chi connectivity index (χ0) is 15.0. The Kier molecular flexibility index (Phi) is 3.62. The number of rotatable bonds is 3. The summed E-state index contributed by atoms with van der Waals surface area (Å²) in [6.45, 7) is 7.64. The van der Waals surface area contributed by atoms with Crippen LogP contribution < -0.4 is 5.32 Å². The van der Waals surface area contributed by atoms with Crippen molar-refractivity contribution in [2.45, 2.75) is 39.7 Å². The number of fused-ring (bicyclic) bond motifs is 3. The zero-order valence-electron chi connectivity index (χ0n) is 13.0. The zero-order valence-corrected chi connectivity index (χ0v) is 13.0. The molecule has 112 valence electrons. The molecule has 4 heteroatoms. The minimum absolute atomic E-state index is 0.0515. The van der Waals surface area contributed by atoms with Crippen LogP contribution in [0, 0.1) is 6.92 Å². The minimum atomic E-state index is 0.0515. The van der Waals surface area contributed by atoms with Gasteiger partial charge in [-0.2, -0.15) is 0 Å². The van der Waals surface area contributed by atoms with Gasteiger partial charge in [-0.1, -0.05) is 11.6 Å². The monoisotopic (exact) mass is 285 g/mol. The van der Waals surface area contributed by atoms with E-state index in [1.54, 1.807) is 0 Å². The van der Waals surface area contributed by atoms with Crippen LogP contribution in [0.5, 0.6) is 0 Å². The van der Waals surface area contributed by atoms with Crippen molar-refractivity contribution >= 4 is 16.9 Å². The first-order chi connectivity index (χ1) is 10.1. The van der Waals surface area contributed by atoms with Gasteiger partial charge in [-0.15, -0.1) is 0 Å². The summed E-state index contributed by atoms with van der Waals surface area (Å²) in [5.74, 6) is 0. The third-order valence-corrected chi connectivity index (χ3v) is 4.43. The molecule has 0 radical (unpaired) electrons. The van der Waals surface area contributed by atoms with Crippen molar-refractivity contribution in [3.05, 3.63) is 35.0 Å². The predicted octanol–water partition coefficient (Wildman–Crippen LogP) is 2.99. The lowest BCUT2D eigenvalue weighted by molar-refractivity contribution is 0.199. The Balaban J connectivity index is 1.76. The molecule has 0 aliphatic heterocycles. The fraction of sp³-hybridized carbons (Fsp3) is 0.471. The molecule has 0 bridgehead atoms. The maximum Gasteiger partial charge on any atom is 0.317 e. The fourth-order valence-corrected chi connectivity index (χ4v) is 3.27. The van der Waals surface area contributed by atoms with E-state index in [1.165, 1.54) is 27.7 Å². The van der Waals surface area contributed by atoms with Crippen molar-refractivity contribution in [1.29, 1.82) is 0 Å². The number of amides is 2. The summed E-state index contributed by atoms with van der Waals surface area (Å²) in [6.07, 6.45) is 1.82. The Labute approximate surface area is 125 Å². The first-order valence-electron chi connectivity index (χ1n) is 7.77. The molecule has 1 aliphatic carbocycles. The van der Waals surface area contributed by atoms with Crippen LogP contribution in [-0.4, -0.2) is 35.0 Å². The highest BCUT2D eigenvalue weighted by Gasteiger charge is 2.27. The summed E-state index contributed by atoms with van der Waals surface area (Å²) in [5, 5.41) is 4.47. The molecule has 1 aliphatic rings. The van der Waals surface area contributed by atoms with Crippen LogP contribution in [0.1, 0.15) is 30.7 Å². The molecule has 0 saturated carbocycles. The summed E-state index contributed by atoms with van der Waals surface area (Å²) < 4.78 is 0. The molecule has 0 saturated heterocycles. The first kappa shape index (κ1) is 14.0. The lowest BCUT2D eigenvalue weighted by Crippen LogP contribution is -2.45. The number of carbonyl (C=O) groups is 1. The quantitative estimate of drug-likeness (QED) is 0.895. The van der Waals surface area contributed by atoms with Gasteiger partial charge in [0.1, 0.15) is 0 Å². The van der Waals surface area contributed by atoms with Crippen LogP contribution >= 0.6 is 0 Å². The van der Waals surface area contributed by atoms with E-state index in [-0.39, 0.29) is 12.1 Å². The second-order valence-corrected chi connectivity index (χ2v) is 5.86. The van der Waals surface area contributed by atoms with E-state index in [2.05, 4.69) is 35.4 Å². The molecule has 0 spiro atoms. The Hall–Kier alpha value is -1.97. The summed E-state index contributed by atoms with van der Waals surface area (Å²) in [6, 6.07) is 6.78. The van der Waals surface area contributed by atoms with Gasteiger partial charge in [0.25, 0.3) is 0 Å². The lowest BCUT2D eigenvalue weighted by Gasteiger charge is -2.22. The predicted molar refractivity (Wildman–Crippen MR) is 85.7 cm³/mol. The van der Waals surface area contributed by atoms with E-state index in [0.29, 0.717) is 0 Å². The molecule has 1 unspecified atom stereocenters. The van der Waals surface area contributed by atoms with Crippen LogP contribution in [0.25, 0.3) is 10.9 Å². The number of nitrogens with zero attached hydrogens (tertiary/aromatic N) is 1. The van der Waals surface area contributed by atoms with Crippen molar-refractivity contribution in [3.8, 4) is 0 Å². The molecule has 2 amide bonds. The van der Waals surface area contributed by atoms with Crippen LogP contribution in [0.3, 0.4) is 0 Å². The summed E-state index contributed by atoms with van der Waals surface area (Å²) >= 11 is 0. The van der Waals surface area contributed by atoms with E-state index in [1.807, 2.05) is 18.7 Å². The minimum Gasteiger partial charge on any atom is -0.358 e. The standard InChI is InChI=1S/C17H23N3O/c1-4-20(5-2)17(21)18-12-9-14-13-8-11(3)6-7-15(13)19-16(14)10-12/h6-8,12,19H,4-5,9-10H2,1-3H3,(H,18,21). The van der Waals surface area contributed by atoms with Crippen LogP contribution in [0.2, 0.25) is 0 Å². The molecule has 3 rings (SSSR count). The molecule has 1 atom stereocenters. The van der Waals surface area contributed by atoms with Gasteiger partial charge >= 0.3 is 6.03 Å². The summed E-state index contributed by atoms with van der Waals surface area (Å²) in [7, 11) is 0. The molecule has 2 N–H and O–H groups in total. The maximum absolute atomic E-state index is 12.2. The number of hydrogen-bond donors (Lipinski definition) is 2. The largest absolute Gasteiger partial charge is 0.358 e. The van der Waals surface area contributed by atoms with Crippen molar-refractivity contribution < 1.29 is 4.79 Å². The van der Waals surface area contributed by atoms with Crippen LogP contribution in [0.4, 0.5) is 4.79 Å². The Morgan fingerprint density at radius 1 is 1.33 bits per heavy atom. The van der Waals surface area contributed by atoms with Gasteiger partial charge in [-0.25, -0.2) is 4.79 Å². The average molecular weight is 285 g/mol. The Bertz CT molecular complexity index is 670. The SMILES string of the molecule is CCN(CC)C(=O)NC1Cc2[nH]c3ccc(C)cc3c2C1. The molecule has 1 aromatic carbocycles. The summed E-state index contributed by atoms with van der Waals surface area (Å²) in [4.78, 5) is 17.5. The number of hydrogen-bond acceptors (Lipinski definition) is 1. The number of H-pyrrole nitrogens is 1. The number of benzene rings is 1. The number of carbonyl (C=O) groups excluding carboxylic acids is 1. The fourth-order valence-electron chi connectivity index (χ4n) is 3.27. The highest BCUT2D eigenvalue weighted by Crippen LogP contribution is 2.30. The van der Waals surface area contributed by atoms with Crippen molar-refractivity contribution in [2.24, 2.45) is 0 Å². The third kappa shape index (κ3) is 2.50. The van der Waals surface area contributed by atoms with Gasteiger partial charge in [0.15, 0.2) is 0 Å². The third-order valence-electron chi connectivity index (χ3n) is 4.43. The topological polar surface area (TPSA) is 48.1 Å². The molecule has 21 heavy (non-hydrogen) atoms. The maximum atomic E-state index is 12.2. The van der Waals surface area contributed by atoms with E-state index >= 15 is 0 Å². The van der Waals surface area contributed by atoms with Gasteiger partial charge in [0.2, 0.25) is 0 Å². The number of urea groups is 1. The van der Waals surface area contributed by atoms with Gasteiger partial charge in [-0.05, 0) is 44.9 Å². The van der Waals surface area contributed by atoms with E-state index in [9.17, 15) is 4.79 Å². The molecular formula is C17H23N3O. The second-order valence-electron chi connectivity index (χ2n) is 5.86. The van der Waals surface area contributed by atoms with Crippen molar-refractivity contribution in [2.75, 3.05) is 13.1 Å². The van der Waals surface area contributed by atoms with Gasteiger partial charge in [0, 0.05) is 42.1 Å². The van der Waals surface area contributed by atoms with Gasteiger partial charge < -0.3 is 15.2 Å². The van der Waals surface area contributed by atoms with Gasteiger partial charge in [0.05, 0.1) is 0 Å². The highest BCUT2D eigenvalue weighted by molar-refractivity contribution is 5.86. The first-order valence-corrected chi connectivity index (χ1v) is 7.77. The van der Waals surface area contributed by atoms with Crippen molar-refractivity contribution in [1.82, 2.24) is 15.2 Å². The Morgan fingerprint density at radius 3 is 2.81 bits per heavy atom. The molecule has 2 aromatic rings. The number of aromatic nitrogens is 1. The highest BCUT2D eigenvalue weighted by atomic mass is 16.2. The number of nitrogens with one attached hydrogen (secondary N) is 2. The van der Waals surface area contributed by atoms with E-state index in [4.69, 9.17) is 0 Å². The van der Waals surface area contributed by atoms with Crippen molar-refractivity contribution in [3.63, 3.8) is 0 Å². The normalized spacial score (nSPS) is 17.0. The van der Waals surface area contributed by atoms with Gasteiger partial charge in [-0.3, -0.25) is 0 Å². The van der Waals surface area contributed by atoms with E-state index < -0.39 is 0 Å². The molecule has 0 fully saturated rings.